The van der Waals surface area contributed by atoms with Crippen molar-refractivity contribution in [2.45, 2.75) is 32.2 Å². The maximum absolute atomic E-state index is 12.4. The van der Waals surface area contributed by atoms with E-state index in [1.807, 2.05) is 25.1 Å². The van der Waals surface area contributed by atoms with Crippen LogP contribution in [-0.4, -0.2) is 34.7 Å². The Morgan fingerprint density at radius 3 is 3.05 bits per heavy atom. The second-order valence-corrected chi connectivity index (χ2v) is 6.86. The lowest BCUT2D eigenvalue weighted by atomic mass is 9.97. The number of hydrogen-bond acceptors (Lipinski definition) is 3. The second-order valence-electron chi connectivity index (χ2n) is 5.30. The zero-order valence-corrected chi connectivity index (χ0v) is 12.9. The fraction of sp³-hybridized carbons (Fsp3) is 0.533. The molecule has 1 aliphatic heterocycles. The van der Waals surface area contributed by atoms with Gasteiger partial charge in [-0.3, -0.25) is 9.00 Å². The van der Waals surface area contributed by atoms with Crippen molar-refractivity contribution < 1.29 is 9.00 Å². The molecular formula is C15H22N2O2S. The van der Waals surface area contributed by atoms with Crippen LogP contribution < -0.4 is 10.6 Å². The van der Waals surface area contributed by atoms with Crippen molar-refractivity contribution in [3.8, 4) is 0 Å². The summed E-state index contributed by atoms with van der Waals surface area (Å²) in [5.74, 6) is 0.593. The van der Waals surface area contributed by atoms with Crippen molar-refractivity contribution in [1.82, 2.24) is 5.32 Å². The lowest BCUT2D eigenvalue weighted by molar-refractivity contribution is 0.0938. The monoisotopic (exact) mass is 294 g/mol. The van der Waals surface area contributed by atoms with Gasteiger partial charge < -0.3 is 10.6 Å². The Hall–Kier alpha value is -1.36. The largest absolute Gasteiger partial charge is 0.385 e. The van der Waals surface area contributed by atoms with Gasteiger partial charge >= 0.3 is 0 Å². The standard InChI is InChI=1S/C15H22N2O2S/c1-11(8-10-20(2)19)17-15(18)13-5-3-7-14-12(13)6-4-9-16-14/h3,5,7,11,16H,4,6,8-10H2,1-2H3,(H,17,18). The molecular weight excluding hydrogens is 272 g/mol. The number of anilines is 1. The topological polar surface area (TPSA) is 58.2 Å². The predicted molar refractivity (Wildman–Crippen MR) is 83.7 cm³/mol. The van der Waals surface area contributed by atoms with E-state index in [1.165, 1.54) is 0 Å². The first-order chi connectivity index (χ1) is 9.58. The molecule has 20 heavy (non-hydrogen) atoms. The molecule has 0 radical (unpaired) electrons. The maximum atomic E-state index is 12.4. The zero-order valence-electron chi connectivity index (χ0n) is 12.1. The van der Waals surface area contributed by atoms with Gasteiger partial charge in [0, 0.05) is 46.6 Å². The Balaban J connectivity index is 2.04. The van der Waals surface area contributed by atoms with Crippen LogP contribution >= 0.6 is 0 Å². The Kier molecular flexibility index (Phi) is 5.17. The lowest BCUT2D eigenvalue weighted by Gasteiger charge is -2.21. The van der Waals surface area contributed by atoms with Crippen LogP contribution in [0.1, 0.15) is 35.7 Å². The van der Waals surface area contributed by atoms with Crippen molar-refractivity contribution in [1.29, 1.82) is 0 Å². The Bertz CT molecular complexity index is 517. The third-order valence-electron chi connectivity index (χ3n) is 3.56. The molecule has 2 rings (SSSR count). The van der Waals surface area contributed by atoms with Crippen molar-refractivity contribution in [2.24, 2.45) is 0 Å². The third kappa shape index (κ3) is 3.82. The lowest BCUT2D eigenvalue weighted by Crippen LogP contribution is -2.34. The Morgan fingerprint density at radius 1 is 1.50 bits per heavy atom. The molecule has 2 N–H and O–H groups in total. The molecule has 2 atom stereocenters. The highest BCUT2D eigenvalue weighted by Gasteiger charge is 2.18. The Morgan fingerprint density at radius 2 is 2.30 bits per heavy atom. The summed E-state index contributed by atoms with van der Waals surface area (Å²) in [6.07, 6.45) is 4.43. The van der Waals surface area contributed by atoms with Gasteiger partial charge in [-0.2, -0.15) is 0 Å². The minimum absolute atomic E-state index is 0.0278. The first-order valence-corrected chi connectivity index (χ1v) is 8.77. The highest BCUT2D eigenvalue weighted by atomic mass is 32.2. The molecule has 4 nitrogen and oxygen atoms in total. The van der Waals surface area contributed by atoms with E-state index in [4.69, 9.17) is 0 Å². The first kappa shape index (κ1) is 15.0. The smallest absolute Gasteiger partial charge is 0.251 e. The van der Waals surface area contributed by atoms with Crippen LogP contribution in [0.2, 0.25) is 0 Å². The molecule has 5 heteroatoms. The van der Waals surface area contributed by atoms with Crippen LogP contribution in [0.25, 0.3) is 0 Å². The van der Waals surface area contributed by atoms with Crippen molar-refractivity contribution in [3.05, 3.63) is 29.3 Å². The molecule has 0 aliphatic carbocycles. The van der Waals surface area contributed by atoms with E-state index in [0.717, 1.165) is 42.6 Å². The van der Waals surface area contributed by atoms with E-state index in [0.29, 0.717) is 5.75 Å². The molecule has 0 saturated heterocycles. The fourth-order valence-electron chi connectivity index (χ4n) is 2.44. The molecule has 0 bridgehead atoms. The van der Waals surface area contributed by atoms with Crippen LogP contribution in [0.4, 0.5) is 5.69 Å². The van der Waals surface area contributed by atoms with Crippen molar-refractivity contribution in [3.63, 3.8) is 0 Å². The molecule has 1 aromatic carbocycles. The van der Waals surface area contributed by atoms with E-state index in [1.54, 1.807) is 6.26 Å². The van der Waals surface area contributed by atoms with Gasteiger partial charge in [0.2, 0.25) is 0 Å². The van der Waals surface area contributed by atoms with Crippen LogP contribution in [0.3, 0.4) is 0 Å². The number of hydrogen-bond donors (Lipinski definition) is 2. The molecule has 1 aromatic rings. The SMILES string of the molecule is CC(CCS(C)=O)NC(=O)c1cccc2c1CCCN2. The summed E-state index contributed by atoms with van der Waals surface area (Å²) in [7, 11) is -0.809. The van der Waals surface area contributed by atoms with Gasteiger partial charge in [0.15, 0.2) is 0 Å². The minimum atomic E-state index is -0.809. The van der Waals surface area contributed by atoms with Gasteiger partial charge in [0.05, 0.1) is 0 Å². The van der Waals surface area contributed by atoms with Gasteiger partial charge in [-0.05, 0) is 43.9 Å². The number of benzene rings is 1. The molecule has 0 aromatic heterocycles. The quantitative estimate of drug-likeness (QED) is 0.872. The summed E-state index contributed by atoms with van der Waals surface area (Å²) in [4.78, 5) is 12.4. The highest BCUT2D eigenvalue weighted by Crippen LogP contribution is 2.25. The molecule has 110 valence electrons. The van der Waals surface area contributed by atoms with Gasteiger partial charge in [-0.15, -0.1) is 0 Å². The number of rotatable bonds is 5. The first-order valence-electron chi connectivity index (χ1n) is 7.04. The van der Waals surface area contributed by atoms with Crippen molar-refractivity contribution in [2.75, 3.05) is 23.9 Å². The number of nitrogens with one attached hydrogen (secondary N) is 2. The van der Waals surface area contributed by atoms with E-state index in [9.17, 15) is 9.00 Å². The molecule has 0 fully saturated rings. The molecule has 0 spiro atoms. The van der Waals surface area contributed by atoms with Crippen LogP contribution in [-0.2, 0) is 17.2 Å². The summed E-state index contributed by atoms with van der Waals surface area (Å²) >= 11 is 0. The van der Waals surface area contributed by atoms with E-state index in [2.05, 4.69) is 10.6 Å². The van der Waals surface area contributed by atoms with E-state index >= 15 is 0 Å². The molecule has 2 unspecified atom stereocenters. The number of amides is 1. The number of carbonyl (C=O) groups excluding carboxylic acids is 1. The fourth-order valence-corrected chi connectivity index (χ4v) is 3.12. The van der Waals surface area contributed by atoms with E-state index < -0.39 is 10.8 Å². The summed E-state index contributed by atoms with van der Waals surface area (Å²) in [6.45, 7) is 2.93. The third-order valence-corrected chi connectivity index (χ3v) is 4.37. The summed E-state index contributed by atoms with van der Waals surface area (Å²) < 4.78 is 11.1. The molecule has 1 heterocycles. The maximum Gasteiger partial charge on any atom is 0.251 e. The van der Waals surface area contributed by atoms with Crippen molar-refractivity contribution >= 4 is 22.4 Å². The molecule has 0 saturated carbocycles. The zero-order chi connectivity index (χ0) is 14.5. The Labute approximate surface area is 122 Å². The van der Waals surface area contributed by atoms with Gasteiger partial charge in [-0.1, -0.05) is 6.07 Å². The number of fused-ring (bicyclic) bond motifs is 1. The number of carbonyl (C=O) groups is 1. The average molecular weight is 294 g/mol. The van der Waals surface area contributed by atoms with Gasteiger partial charge in [-0.25, -0.2) is 0 Å². The molecule has 1 amide bonds. The summed E-state index contributed by atoms with van der Waals surface area (Å²) in [6, 6.07) is 5.86. The molecule has 1 aliphatic rings. The van der Waals surface area contributed by atoms with Gasteiger partial charge in [0.1, 0.15) is 0 Å². The van der Waals surface area contributed by atoms with Crippen LogP contribution in [0, 0.1) is 0 Å². The predicted octanol–water partition coefficient (Wildman–Crippen LogP) is 1.93. The van der Waals surface area contributed by atoms with Crippen LogP contribution in [0.15, 0.2) is 18.2 Å². The van der Waals surface area contributed by atoms with Crippen LogP contribution in [0.5, 0.6) is 0 Å². The summed E-state index contributed by atoms with van der Waals surface area (Å²) in [5.41, 5.74) is 2.95. The highest BCUT2D eigenvalue weighted by molar-refractivity contribution is 7.84. The average Bonchev–Trinajstić information content (AvgIpc) is 2.44. The van der Waals surface area contributed by atoms with E-state index in [-0.39, 0.29) is 11.9 Å². The normalized spacial score (nSPS) is 16.7. The summed E-state index contributed by atoms with van der Waals surface area (Å²) in [5, 5.41) is 6.33. The van der Waals surface area contributed by atoms with Gasteiger partial charge in [0.25, 0.3) is 5.91 Å². The minimum Gasteiger partial charge on any atom is -0.385 e. The second kappa shape index (κ2) is 6.88.